The molecule has 4 heteroatoms. The van der Waals surface area contributed by atoms with Crippen molar-refractivity contribution >= 4 is 17.4 Å². The van der Waals surface area contributed by atoms with E-state index in [2.05, 4.69) is 29.6 Å². The summed E-state index contributed by atoms with van der Waals surface area (Å²) in [5.41, 5.74) is 3.55. The molecule has 0 aromatic heterocycles. The quantitative estimate of drug-likeness (QED) is 0.823. The van der Waals surface area contributed by atoms with Gasteiger partial charge in [-0.05, 0) is 48.2 Å². The Bertz CT molecular complexity index is 626. The van der Waals surface area contributed by atoms with E-state index < -0.39 is 0 Å². The first-order valence-electron chi connectivity index (χ1n) is 8.10. The van der Waals surface area contributed by atoms with Gasteiger partial charge in [-0.2, -0.15) is 11.8 Å². The minimum atomic E-state index is 0.311. The average molecular weight is 329 g/mol. The van der Waals surface area contributed by atoms with Crippen molar-refractivity contribution in [3.8, 4) is 5.75 Å². The molecule has 2 aromatic carbocycles. The van der Waals surface area contributed by atoms with Gasteiger partial charge in [0.05, 0.1) is 0 Å². The maximum atomic E-state index is 9.51. The highest BCUT2D eigenvalue weighted by Gasteiger charge is 2.13. The van der Waals surface area contributed by atoms with Crippen LogP contribution in [0.4, 0.5) is 5.69 Å². The predicted molar refractivity (Wildman–Crippen MR) is 97.0 cm³/mol. The van der Waals surface area contributed by atoms with E-state index in [1.807, 2.05) is 23.9 Å². The molecule has 3 nitrogen and oxygen atoms in total. The van der Waals surface area contributed by atoms with Crippen LogP contribution < -0.4 is 5.32 Å². The second kappa shape index (κ2) is 8.27. The summed E-state index contributed by atoms with van der Waals surface area (Å²) in [7, 11) is 0. The second-order valence-electron chi connectivity index (χ2n) is 5.85. The number of rotatable bonds is 6. The largest absolute Gasteiger partial charge is 0.508 e. The molecule has 0 amide bonds. The highest BCUT2D eigenvalue weighted by atomic mass is 32.2. The smallest absolute Gasteiger partial charge is 0.115 e. The molecule has 1 saturated heterocycles. The summed E-state index contributed by atoms with van der Waals surface area (Å²) in [5, 5.41) is 13.7. The monoisotopic (exact) mass is 329 g/mol. The SMILES string of the molecule is Oc1cccc(CNc2cccc(CSC3CCOCC3)c2)c1. The topological polar surface area (TPSA) is 41.5 Å². The molecule has 1 aliphatic rings. The van der Waals surface area contributed by atoms with E-state index in [0.29, 0.717) is 12.3 Å². The number of phenolic OH excluding ortho intramolecular Hbond substituents is 1. The number of aromatic hydroxyl groups is 1. The van der Waals surface area contributed by atoms with Crippen LogP contribution in [-0.2, 0) is 17.0 Å². The van der Waals surface area contributed by atoms with Crippen LogP contribution in [0, 0.1) is 0 Å². The van der Waals surface area contributed by atoms with Crippen LogP contribution in [0.3, 0.4) is 0 Å². The lowest BCUT2D eigenvalue weighted by Gasteiger charge is -2.21. The molecule has 1 heterocycles. The van der Waals surface area contributed by atoms with Crippen LogP contribution in [0.5, 0.6) is 5.75 Å². The third-order valence-corrected chi connectivity index (χ3v) is 5.43. The maximum Gasteiger partial charge on any atom is 0.115 e. The summed E-state index contributed by atoms with van der Waals surface area (Å²) in [6, 6.07) is 16.0. The summed E-state index contributed by atoms with van der Waals surface area (Å²) < 4.78 is 5.41. The molecule has 1 aliphatic heterocycles. The van der Waals surface area contributed by atoms with E-state index in [1.165, 1.54) is 18.4 Å². The first-order chi connectivity index (χ1) is 11.3. The van der Waals surface area contributed by atoms with Crippen LogP contribution in [0.15, 0.2) is 48.5 Å². The van der Waals surface area contributed by atoms with Gasteiger partial charge in [-0.25, -0.2) is 0 Å². The van der Waals surface area contributed by atoms with Crippen molar-refractivity contribution in [1.82, 2.24) is 0 Å². The van der Waals surface area contributed by atoms with Crippen molar-refractivity contribution in [2.75, 3.05) is 18.5 Å². The molecular weight excluding hydrogens is 306 g/mol. The Morgan fingerprint density at radius 2 is 1.83 bits per heavy atom. The van der Waals surface area contributed by atoms with Crippen molar-refractivity contribution in [3.05, 3.63) is 59.7 Å². The van der Waals surface area contributed by atoms with Crippen molar-refractivity contribution in [2.45, 2.75) is 30.4 Å². The summed E-state index contributed by atoms with van der Waals surface area (Å²) in [5.74, 6) is 1.36. The Kier molecular flexibility index (Phi) is 5.83. The third-order valence-electron chi connectivity index (χ3n) is 3.99. The van der Waals surface area contributed by atoms with Gasteiger partial charge in [-0.3, -0.25) is 0 Å². The van der Waals surface area contributed by atoms with Gasteiger partial charge in [0.2, 0.25) is 0 Å². The normalized spacial score (nSPS) is 15.5. The Labute approximate surface area is 142 Å². The van der Waals surface area contributed by atoms with Gasteiger partial charge in [-0.1, -0.05) is 24.3 Å². The van der Waals surface area contributed by atoms with E-state index in [9.17, 15) is 5.11 Å². The number of nitrogens with one attached hydrogen (secondary N) is 1. The lowest BCUT2D eigenvalue weighted by atomic mass is 10.2. The van der Waals surface area contributed by atoms with E-state index in [0.717, 1.165) is 35.5 Å². The second-order valence-corrected chi connectivity index (χ2v) is 7.14. The van der Waals surface area contributed by atoms with E-state index >= 15 is 0 Å². The molecule has 0 saturated carbocycles. The molecule has 23 heavy (non-hydrogen) atoms. The molecule has 1 fully saturated rings. The van der Waals surface area contributed by atoms with Gasteiger partial charge >= 0.3 is 0 Å². The maximum absolute atomic E-state index is 9.51. The van der Waals surface area contributed by atoms with Gasteiger partial charge in [0.1, 0.15) is 5.75 Å². The standard InChI is InChI=1S/C19H23NO2S/c21-18-6-2-3-15(12-18)13-20-17-5-1-4-16(11-17)14-23-19-7-9-22-10-8-19/h1-6,11-12,19-21H,7-10,13-14H2. The summed E-state index contributed by atoms with van der Waals surface area (Å²) >= 11 is 2.03. The molecular formula is C19H23NO2S. The lowest BCUT2D eigenvalue weighted by Crippen LogP contribution is -2.17. The molecule has 122 valence electrons. The van der Waals surface area contributed by atoms with Crippen LogP contribution in [-0.4, -0.2) is 23.6 Å². The number of thioether (sulfide) groups is 1. The zero-order valence-electron chi connectivity index (χ0n) is 13.2. The zero-order chi connectivity index (χ0) is 15.9. The molecule has 0 spiro atoms. The summed E-state index contributed by atoms with van der Waals surface area (Å²) in [6.45, 7) is 2.53. The van der Waals surface area contributed by atoms with Gasteiger partial charge in [0.15, 0.2) is 0 Å². The molecule has 3 rings (SSSR count). The Hall–Kier alpha value is -1.65. The van der Waals surface area contributed by atoms with Crippen molar-refractivity contribution in [3.63, 3.8) is 0 Å². The zero-order valence-corrected chi connectivity index (χ0v) is 14.0. The van der Waals surface area contributed by atoms with Crippen LogP contribution in [0.1, 0.15) is 24.0 Å². The molecule has 0 bridgehead atoms. The molecule has 0 unspecified atom stereocenters. The van der Waals surface area contributed by atoms with E-state index in [1.54, 1.807) is 12.1 Å². The number of phenols is 1. The summed E-state index contributed by atoms with van der Waals surface area (Å²) in [4.78, 5) is 0. The van der Waals surface area contributed by atoms with Gasteiger partial charge < -0.3 is 15.2 Å². The molecule has 0 atom stereocenters. The molecule has 2 aromatic rings. The minimum absolute atomic E-state index is 0.311. The number of anilines is 1. The Morgan fingerprint density at radius 1 is 1.04 bits per heavy atom. The predicted octanol–water partition coefficient (Wildman–Crippen LogP) is 4.42. The van der Waals surface area contributed by atoms with Gasteiger partial charge in [0.25, 0.3) is 0 Å². The van der Waals surface area contributed by atoms with Crippen LogP contribution in [0.2, 0.25) is 0 Å². The Balaban J connectivity index is 1.52. The first-order valence-corrected chi connectivity index (χ1v) is 9.14. The lowest BCUT2D eigenvalue weighted by molar-refractivity contribution is 0.1000. The number of hydrogen-bond acceptors (Lipinski definition) is 4. The van der Waals surface area contributed by atoms with Crippen molar-refractivity contribution < 1.29 is 9.84 Å². The molecule has 0 aliphatic carbocycles. The van der Waals surface area contributed by atoms with Crippen LogP contribution >= 0.6 is 11.8 Å². The van der Waals surface area contributed by atoms with E-state index in [-0.39, 0.29) is 0 Å². The van der Waals surface area contributed by atoms with Crippen molar-refractivity contribution in [2.24, 2.45) is 0 Å². The molecule has 0 radical (unpaired) electrons. The minimum Gasteiger partial charge on any atom is -0.508 e. The number of hydrogen-bond donors (Lipinski definition) is 2. The fourth-order valence-corrected chi connectivity index (χ4v) is 3.83. The summed E-state index contributed by atoms with van der Waals surface area (Å²) in [6.07, 6.45) is 2.33. The highest BCUT2D eigenvalue weighted by Crippen LogP contribution is 2.26. The first kappa shape index (κ1) is 16.2. The fourth-order valence-electron chi connectivity index (χ4n) is 2.70. The third kappa shape index (κ3) is 5.19. The Morgan fingerprint density at radius 3 is 2.65 bits per heavy atom. The highest BCUT2D eigenvalue weighted by molar-refractivity contribution is 7.99. The van der Waals surface area contributed by atoms with Gasteiger partial charge in [-0.15, -0.1) is 0 Å². The van der Waals surface area contributed by atoms with Crippen molar-refractivity contribution in [1.29, 1.82) is 0 Å². The van der Waals surface area contributed by atoms with E-state index in [4.69, 9.17) is 4.74 Å². The average Bonchev–Trinajstić information content (AvgIpc) is 2.60. The molecule has 2 N–H and O–H groups in total. The van der Waals surface area contributed by atoms with Crippen LogP contribution in [0.25, 0.3) is 0 Å². The van der Waals surface area contributed by atoms with Gasteiger partial charge in [0, 0.05) is 36.4 Å². The fraction of sp³-hybridized carbons (Fsp3) is 0.368. The number of benzene rings is 2. The number of ether oxygens (including phenoxy) is 1.